The lowest BCUT2D eigenvalue weighted by atomic mass is 9.93. The van der Waals surface area contributed by atoms with Gasteiger partial charge in [-0.3, -0.25) is 0 Å². The minimum Gasteiger partial charge on any atom is -0.478 e. The molecule has 158 valence electrons. The predicted molar refractivity (Wildman–Crippen MR) is 112 cm³/mol. The van der Waals surface area contributed by atoms with Crippen molar-refractivity contribution in [1.82, 2.24) is 19.3 Å². The summed E-state index contributed by atoms with van der Waals surface area (Å²) in [5.41, 5.74) is 0.788. The van der Waals surface area contributed by atoms with Crippen LogP contribution in [0, 0.1) is 5.92 Å². The summed E-state index contributed by atoms with van der Waals surface area (Å²) in [5.74, 6) is -0.0729. The number of rotatable bonds is 5. The maximum Gasteiger partial charge on any atom is 0.335 e. The van der Waals surface area contributed by atoms with Gasteiger partial charge in [0.05, 0.1) is 15.8 Å². The summed E-state index contributed by atoms with van der Waals surface area (Å²) >= 11 is 0. The zero-order chi connectivity index (χ0) is 21.5. The highest BCUT2D eigenvalue weighted by atomic mass is 32.2. The normalized spacial score (nSPS) is 20.3. The van der Waals surface area contributed by atoms with E-state index >= 15 is 0 Å². The molecule has 1 aromatic carbocycles. The number of carboxylic acid groups (broad SMARTS) is 1. The highest BCUT2D eigenvalue weighted by molar-refractivity contribution is 7.89. The fourth-order valence-electron chi connectivity index (χ4n) is 3.96. The van der Waals surface area contributed by atoms with Crippen molar-refractivity contribution in [2.75, 3.05) is 25.0 Å². The lowest BCUT2D eigenvalue weighted by Crippen LogP contribution is -2.52. The van der Waals surface area contributed by atoms with Crippen LogP contribution in [0.5, 0.6) is 0 Å². The van der Waals surface area contributed by atoms with Crippen LogP contribution in [-0.4, -0.2) is 64.9 Å². The highest BCUT2D eigenvalue weighted by Crippen LogP contribution is 2.30. The number of aromatic nitrogens is 3. The number of carboxylic acids is 1. The van der Waals surface area contributed by atoms with E-state index in [9.17, 15) is 13.2 Å². The first kappa shape index (κ1) is 20.3. The maximum absolute atomic E-state index is 13.2. The van der Waals surface area contributed by atoms with E-state index in [1.165, 1.54) is 34.9 Å². The number of fused-ring (bicyclic) bond motifs is 1. The van der Waals surface area contributed by atoms with Crippen LogP contribution in [0.15, 0.2) is 47.8 Å². The number of benzene rings is 1. The molecule has 0 spiro atoms. The van der Waals surface area contributed by atoms with Crippen LogP contribution in [-0.2, 0) is 10.0 Å². The first-order valence-corrected chi connectivity index (χ1v) is 11.1. The van der Waals surface area contributed by atoms with E-state index in [4.69, 9.17) is 5.11 Å². The van der Waals surface area contributed by atoms with Gasteiger partial charge in [-0.15, -0.1) is 0 Å². The summed E-state index contributed by atoms with van der Waals surface area (Å²) in [7, 11) is -1.81. The summed E-state index contributed by atoms with van der Waals surface area (Å²) in [6, 6.07) is 7.17. The molecule has 1 saturated heterocycles. The largest absolute Gasteiger partial charge is 0.478 e. The van der Waals surface area contributed by atoms with Crippen molar-refractivity contribution in [3.63, 3.8) is 0 Å². The van der Waals surface area contributed by atoms with Gasteiger partial charge in [0.15, 0.2) is 0 Å². The molecular formula is C20H23N5O4S. The van der Waals surface area contributed by atoms with Crippen molar-refractivity contribution in [3.8, 4) is 0 Å². The number of hydrogen-bond acceptors (Lipinski definition) is 6. The molecule has 2 N–H and O–H groups in total. The molecule has 1 aliphatic heterocycles. The Labute approximate surface area is 174 Å². The van der Waals surface area contributed by atoms with Crippen LogP contribution < -0.4 is 4.90 Å². The molecule has 30 heavy (non-hydrogen) atoms. The molecule has 10 heteroatoms. The smallest absolute Gasteiger partial charge is 0.335 e. The minimum atomic E-state index is -3.73. The molecule has 0 aliphatic carbocycles. The molecule has 2 atom stereocenters. The van der Waals surface area contributed by atoms with Gasteiger partial charge in [-0.2, -0.15) is 4.31 Å². The van der Waals surface area contributed by atoms with Crippen LogP contribution in [0.25, 0.3) is 11.0 Å². The quantitative estimate of drug-likeness (QED) is 0.638. The number of aromatic carboxylic acids is 1. The number of piperidine rings is 1. The third-order valence-corrected chi connectivity index (χ3v) is 7.66. The van der Waals surface area contributed by atoms with Gasteiger partial charge in [-0.25, -0.2) is 23.2 Å². The molecule has 1 fully saturated rings. The number of nitrogens with zero attached hydrogens (tertiary/aromatic N) is 4. The van der Waals surface area contributed by atoms with Gasteiger partial charge in [0.25, 0.3) is 0 Å². The topological polar surface area (TPSA) is 119 Å². The third kappa shape index (κ3) is 3.52. The summed E-state index contributed by atoms with van der Waals surface area (Å²) in [4.78, 5) is 24.9. The fraction of sp³-hybridized carbons (Fsp3) is 0.350. The first-order chi connectivity index (χ1) is 14.3. The second-order valence-corrected chi connectivity index (χ2v) is 9.51. The Hall–Kier alpha value is -2.98. The molecule has 3 aromatic rings. The monoisotopic (exact) mass is 429 g/mol. The van der Waals surface area contributed by atoms with Crippen molar-refractivity contribution >= 4 is 32.8 Å². The van der Waals surface area contributed by atoms with E-state index in [-0.39, 0.29) is 22.4 Å². The van der Waals surface area contributed by atoms with Crippen LogP contribution in [0.3, 0.4) is 0 Å². The van der Waals surface area contributed by atoms with Crippen molar-refractivity contribution in [2.24, 2.45) is 5.92 Å². The fourth-order valence-corrected chi connectivity index (χ4v) is 5.43. The number of likely N-dealkylation sites (N-methyl/N-ethyl adjacent to an activating group) is 1. The summed E-state index contributed by atoms with van der Waals surface area (Å²) < 4.78 is 27.8. The Balaban J connectivity index is 1.61. The Morgan fingerprint density at radius 1 is 1.23 bits per heavy atom. The number of anilines is 1. The third-order valence-electron chi connectivity index (χ3n) is 5.78. The van der Waals surface area contributed by atoms with Gasteiger partial charge in [-0.05, 0) is 42.7 Å². The number of sulfonamides is 1. The van der Waals surface area contributed by atoms with E-state index in [2.05, 4.69) is 21.9 Å². The molecule has 0 amide bonds. The molecule has 4 rings (SSSR count). The first-order valence-electron chi connectivity index (χ1n) is 9.63. The van der Waals surface area contributed by atoms with Gasteiger partial charge in [0.1, 0.15) is 17.8 Å². The van der Waals surface area contributed by atoms with Gasteiger partial charge in [-0.1, -0.05) is 6.92 Å². The van der Waals surface area contributed by atoms with E-state index in [1.54, 1.807) is 6.20 Å². The molecule has 1 aliphatic rings. The molecule has 2 aromatic heterocycles. The Morgan fingerprint density at radius 3 is 2.67 bits per heavy atom. The molecular weight excluding hydrogens is 406 g/mol. The minimum absolute atomic E-state index is 0.0538. The molecule has 3 heterocycles. The summed E-state index contributed by atoms with van der Waals surface area (Å²) in [6.45, 7) is 2.84. The van der Waals surface area contributed by atoms with Gasteiger partial charge < -0.3 is 15.0 Å². The lowest BCUT2D eigenvalue weighted by molar-refractivity contribution is 0.0696. The summed E-state index contributed by atoms with van der Waals surface area (Å²) in [6.07, 6.45) is 4.01. The second kappa shape index (κ2) is 7.69. The van der Waals surface area contributed by atoms with Crippen LogP contribution >= 0.6 is 0 Å². The van der Waals surface area contributed by atoms with Gasteiger partial charge in [0.2, 0.25) is 10.0 Å². The van der Waals surface area contributed by atoms with Crippen molar-refractivity contribution < 1.29 is 18.3 Å². The maximum atomic E-state index is 13.2. The van der Waals surface area contributed by atoms with E-state index < -0.39 is 16.0 Å². The molecule has 0 radical (unpaired) electrons. The average Bonchev–Trinajstić information content (AvgIpc) is 3.22. The van der Waals surface area contributed by atoms with Crippen LogP contribution in [0.4, 0.5) is 5.82 Å². The van der Waals surface area contributed by atoms with Crippen molar-refractivity contribution in [3.05, 3.63) is 48.4 Å². The van der Waals surface area contributed by atoms with Crippen LogP contribution in [0.2, 0.25) is 0 Å². The molecule has 0 saturated carbocycles. The standard InChI is InChI=1S/C20H23N5O4S/c1-13-8-10-25(30(28,29)15-5-3-14(4-6-15)20(26)27)11-17(13)24(2)19-16-7-9-21-18(16)22-12-23-19/h3-7,9,12-13,17H,8,10-11H2,1-2H3,(H,26,27)(H,21,22,23). The lowest BCUT2D eigenvalue weighted by Gasteiger charge is -2.41. The SMILES string of the molecule is CC1CCN(S(=O)(=O)c2ccc(C(=O)O)cc2)CC1N(C)c1ncnc2[nH]ccc12. The van der Waals surface area contributed by atoms with Gasteiger partial charge >= 0.3 is 5.97 Å². The number of carbonyl (C=O) groups is 1. The second-order valence-electron chi connectivity index (χ2n) is 7.57. The van der Waals surface area contributed by atoms with E-state index in [0.29, 0.717) is 19.5 Å². The molecule has 0 bridgehead atoms. The van der Waals surface area contributed by atoms with Crippen LogP contribution in [0.1, 0.15) is 23.7 Å². The number of nitrogens with one attached hydrogen (secondary N) is 1. The van der Waals surface area contributed by atoms with E-state index in [1.807, 2.05) is 18.0 Å². The zero-order valence-corrected chi connectivity index (χ0v) is 17.5. The Kier molecular flexibility index (Phi) is 5.20. The Bertz CT molecular complexity index is 1180. The van der Waals surface area contributed by atoms with Crippen molar-refractivity contribution in [1.29, 1.82) is 0 Å². The number of H-pyrrole nitrogens is 1. The van der Waals surface area contributed by atoms with Crippen molar-refractivity contribution in [2.45, 2.75) is 24.3 Å². The zero-order valence-electron chi connectivity index (χ0n) is 16.7. The molecule has 2 unspecified atom stereocenters. The number of aromatic amines is 1. The van der Waals surface area contributed by atoms with E-state index in [0.717, 1.165) is 16.9 Å². The predicted octanol–water partition coefficient (Wildman–Crippen LogP) is 2.19. The highest BCUT2D eigenvalue weighted by Gasteiger charge is 2.36. The number of hydrogen-bond donors (Lipinski definition) is 2. The summed E-state index contributed by atoms with van der Waals surface area (Å²) in [5, 5.41) is 9.93. The molecule has 9 nitrogen and oxygen atoms in total. The average molecular weight is 430 g/mol. The van der Waals surface area contributed by atoms with Gasteiger partial charge in [0, 0.05) is 32.4 Å². The Morgan fingerprint density at radius 2 is 1.97 bits per heavy atom.